The van der Waals surface area contributed by atoms with E-state index in [9.17, 15) is 5.11 Å². The van der Waals surface area contributed by atoms with E-state index in [0.29, 0.717) is 6.42 Å². The molecule has 4 nitrogen and oxygen atoms in total. The summed E-state index contributed by atoms with van der Waals surface area (Å²) in [7, 11) is 0. The van der Waals surface area contributed by atoms with E-state index < -0.39 is 5.60 Å². The molecule has 0 aliphatic heterocycles. The molecule has 0 saturated heterocycles. The average molecular weight is 280 g/mol. The van der Waals surface area contributed by atoms with Crippen LogP contribution in [0.3, 0.4) is 0 Å². The summed E-state index contributed by atoms with van der Waals surface area (Å²) in [5.41, 5.74) is 1.57. The molecule has 4 rings (SSSR count). The Morgan fingerprint density at radius 2 is 2.00 bits per heavy atom. The molecule has 1 unspecified atom stereocenters. The number of furan rings is 1. The molecule has 4 heteroatoms. The molecule has 21 heavy (non-hydrogen) atoms. The van der Waals surface area contributed by atoms with Crippen molar-refractivity contribution < 1.29 is 9.52 Å². The lowest BCUT2D eigenvalue weighted by Crippen LogP contribution is -2.33. The minimum atomic E-state index is -1.03. The van der Waals surface area contributed by atoms with Crippen molar-refractivity contribution in [2.45, 2.75) is 24.9 Å². The first-order valence-electron chi connectivity index (χ1n) is 7.18. The molecule has 0 spiro atoms. The third-order valence-electron chi connectivity index (χ3n) is 4.20. The number of aliphatic hydroxyl groups is 1. The Labute approximate surface area is 122 Å². The lowest BCUT2D eigenvalue weighted by atomic mass is 9.80. The quantitative estimate of drug-likeness (QED) is 0.785. The maximum atomic E-state index is 11.3. The van der Waals surface area contributed by atoms with Crippen molar-refractivity contribution in [3.63, 3.8) is 0 Å². The molecule has 1 aliphatic carbocycles. The highest BCUT2D eigenvalue weighted by molar-refractivity contribution is 5.41. The molecule has 0 amide bonds. The Morgan fingerprint density at radius 3 is 2.86 bits per heavy atom. The highest BCUT2D eigenvalue weighted by Crippen LogP contribution is 2.41. The molecule has 1 atom stereocenters. The number of para-hydroxylation sites is 1. The normalized spacial score (nSPS) is 21.2. The maximum absolute atomic E-state index is 11.3. The average Bonchev–Trinajstić information content (AvgIpc) is 3.18. The van der Waals surface area contributed by atoms with Crippen LogP contribution < -0.4 is 0 Å². The first kappa shape index (κ1) is 12.4. The van der Waals surface area contributed by atoms with Gasteiger partial charge in [0.15, 0.2) is 0 Å². The van der Waals surface area contributed by atoms with E-state index in [1.807, 2.05) is 47.1 Å². The predicted octanol–water partition coefficient (Wildman–Crippen LogP) is 3.04. The molecular weight excluding hydrogens is 264 g/mol. The smallest absolute Gasteiger partial charge is 0.135 e. The Hall–Kier alpha value is -2.33. The van der Waals surface area contributed by atoms with Gasteiger partial charge in [-0.25, -0.2) is 4.68 Å². The summed E-state index contributed by atoms with van der Waals surface area (Å²) in [6.45, 7) is 0. The fourth-order valence-corrected chi connectivity index (χ4v) is 3.20. The molecule has 1 aliphatic rings. The minimum absolute atomic E-state index is 0.679. The second-order valence-corrected chi connectivity index (χ2v) is 5.44. The van der Waals surface area contributed by atoms with Crippen LogP contribution in [0.2, 0.25) is 0 Å². The molecule has 1 N–H and O–H groups in total. The van der Waals surface area contributed by atoms with E-state index in [1.165, 1.54) is 0 Å². The summed E-state index contributed by atoms with van der Waals surface area (Å²) in [6.07, 6.45) is 5.85. The predicted molar refractivity (Wildman–Crippen MR) is 78.2 cm³/mol. The second-order valence-electron chi connectivity index (χ2n) is 5.44. The third-order valence-corrected chi connectivity index (χ3v) is 4.20. The summed E-state index contributed by atoms with van der Waals surface area (Å²) < 4.78 is 7.31. The lowest BCUT2D eigenvalue weighted by Gasteiger charge is -2.32. The van der Waals surface area contributed by atoms with Crippen LogP contribution >= 0.6 is 0 Å². The fourth-order valence-electron chi connectivity index (χ4n) is 3.20. The zero-order valence-electron chi connectivity index (χ0n) is 11.6. The van der Waals surface area contributed by atoms with Crippen LogP contribution in [0.1, 0.15) is 29.9 Å². The van der Waals surface area contributed by atoms with Crippen LogP contribution in [0.15, 0.2) is 59.3 Å². The lowest BCUT2D eigenvalue weighted by molar-refractivity contribution is 0.0521. The van der Waals surface area contributed by atoms with Crippen molar-refractivity contribution in [3.8, 4) is 5.69 Å². The third kappa shape index (κ3) is 1.83. The zero-order chi connectivity index (χ0) is 14.3. The number of hydrogen-bond acceptors (Lipinski definition) is 3. The van der Waals surface area contributed by atoms with Crippen molar-refractivity contribution in [1.82, 2.24) is 9.78 Å². The number of nitrogens with zero attached hydrogens (tertiary/aromatic N) is 2. The van der Waals surface area contributed by atoms with Crippen LogP contribution in [0.4, 0.5) is 0 Å². The van der Waals surface area contributed by atoms with Crippen molar-refractivity contribution in [3.05, 3.63) is 71.9 Å². The number of aromatic nitrogens is 2. The Kier molecular flexibility index (Phi) is 2.72. The van der Waals surface area contributed by atoms with Gasteiger partial charge < -0.3 is 9.52 Å². The fraction of sp³-hybridized carbons (Fsp3) is 0.235. The molecule has 0 bridgehead atoms. The van der Waals surface area contributed by atoms with Gasteiger partial charge in [-0.15, -0.1) is 0 Å². The molecule has 1 aromatic carbocycles. The van der Waals surface area contributed by atoms with E-state index in [-0.39, 0.29) is 0 Å². The largest absolute Gasteiger partial charge is 0.469 e. The van der Waals surface area contributed by atoms with E-state index >= 15 is 0 Å². The highest BCUT2D eigenvalue weighted by Gasteiger charge is 2.40. The van der Waals surface area contributed by atoms with Crippen molar-refractivity contribution in [1.29, 1.82) is 0 Å². The van der Waals surface area contributed by atoms with E-state index in [2.05, 4.69) is 5.10 Å². The summed E-state index contributed by atoms with van der Waals surface area (Å²) in [6, 6.07) is 13.6. The van der Waals surface area contributed by atoms with Gasteiger partial charge in [0.05, 0.1) is 17.6 Å². The molecule has 0 fully saturated rings. The SMILES string of the molecule is OC1(c2ccnn2-c2ccccc2)CCCc2occc21. The van der Waals surface area contributed by atoms with Gasteiger partial charge in [0.2, 0.25) is 0 Å². The second kappa shape index (κ2) is 4.60. The molecule has 2 heterocycles. The number of hydrogen-bond donors (Lipinski definition) is 1. The van der Waals surface area contributed by atoms with Gasteiger partial charge in [0.1, 0.15) is 11.4 Å². The van der Waals surface area contributed by atoms with Gasteiger partial charge in [-0.2, -0.15) is 5.10 Å². The maximum Gasteiger partial charge on any atom is 0.135 e. The van der Waals surface area contributed by atoms with Crippen LogP contribution in [0.5, 0.6) is 0 Å². The minimum Gasteiger partial charge on any atom is -0.469 e. The van der Waals surface area contributed by atoms with Gasteiger partial charge in [0.25, 0.3) is 0 Å². The van der Waals surface area contributed by atoms with Crippen LogP contribution in [-0.2, 0) is 12.0 Å². The summed E-state index contributed by atoms with van der Waals surface area (Å²) in [4.78, 5) is 0. The van der Waals surface area contributed by atoms with Crippen molar-refractivity contribution in [2.24, 2.45) is 0 Å². The van der Waals surface area contributed by atoms with Crippen molar-refractivity contribution >= 4 is 0 Å². The summed E-state index contributed by atoms with van der Waals surface area (Å²) >= 11 is 0. The molecule has 2 aromatic heterocycles. The number of fused-ring (bicyclic) bond motifs is 1. The first-order chi connectivity index (χ1) is 10.3. The van der Waals surface area contributed by atoms with Gasteiger partial charge in [0, 0.05) is 18.2 Å². The Balaban J connectivity index is 1.88. The summed E-state index contributed by atoms with van der Waals surface area (Å²) in [5.74, 6) is 0.879. The summed E-state index contributed by atoms with van der Waals surface area (Å²) in [5, 5.41) is 15.7. The van der Waals surface area contributed by atoms with Gasteiger partial charge in [-0.05, 0) is 37.1 Å². The van der Waals surface area contributed by atoms with Gasteiger partial charge in [-0.1, -0.05) is 18.2 Å². The molecule has 0 radical (unpaired) electrons. The molecular formula is C17H16N2O2. The molecule has 0 saturated carbocycles. The molecule has 106 valence electrons. The number of benzene rings is 1. The van der Waals surface area contributed by atoms with Crippen LogP contribution in [-0.4, -0.2) is 14.9 Å². The molecule has 3 aromatic rings. The van der Waals surface area contributed by atoms with Crippen LogP contribution in [0.25, 0.3) is 5.69 Å². The topological polar surface area (TPSA) is 51.2 Å². The standard InChI is InChI=1S/C17H16N2O2/c20-17(10-4-7-15-14(17)9-12-21-15)16-8-11-18-19(16)13-5-2-1-3-6-13/h1-3,5-6,8-9,11-12,20H,4,7,10H2. The van der Waals surface area contributed by atoms with Gasteiger partial charge >= 0.3 is 0 Å². The van der Waals surface area contributed by atoms with Crippen LogP contribution in [0, 0.1) is 0 Å². The van der Waals surface area contributed by atoms with E-state index in [1.54, 1.807) is 12.5 Å². The Morgan fingerprint density at radius 1 is 1.14 bits per heavy atom. The zero-order valence-corrected chi connectivity index (χ0v) is 11.6. The number of rotatable bonds is 2. The van der Waals surface area contributed by atoms with Crippen molar-refractivity contribution in [2.75, 3.05) is 0 Å². The number of aryl methyl sites for hydroxylation is 1. The van der Waals surface area contributed by atoms with E-state index in [4.69, 9.17) is 4.42 Å². The first-order valence-corrected chi connectivity index (χ1v) is 7.18. The van der Waals surface area contributed by atoms with E-state index in [0.717, 1.165) is 35.5 Å². The monoisotopic (exact) mass is 280 g/mol. The highest BCUT2D eigenvalue weighted by atomic mass is 16.3. The Bertz CT molecular complexity index is 760. The van der Waals surface area contributed by atoms with Gasteiger partial charge in [-0.3, -0.25) is 0 Å².